The van der Waals surface area contributed by atoms with Crippen LogP contribution in [0.15, 0.2) is 82.7 Å². The maximum Gasteiger partial charge on any atom is 0.279 e. The molecule has 0 unspecified atom stereocenters. The second-order valence-electron chi connectivity index (χ2n) is 8.23. The number of sulfonamides is 1. The first-order valence-electron chi connectivity index (χ1n) is 11.2. The molecule has 1 aromatic heterocycles. The van der Waals surface area contributed by atoms with Gasteiger partial charge < -0.3 is 9.88 Å². The molecule has 0 radical (unpaired) electrons. The highest BCUT2D eigenvalue weighted by Gasteiger charge is 2.21. The fraction of sp³-hybridized carbons (Fsp3) is 0.148. The van der Waals surface area contributed by atoms with Crippen LogP contribution in [0.1, 0.15) is 22.8 Å². The third-order valence-electron chi connectivity index (χ3n) is 5.51. The molecule has 0 atom stereocenters. The SMILES string of the molecule is C#CCn1c(=NC(=O)c2ccc(S(=O)(=O)N(C)Cc3ccccc3)cc2)sc2cc(NC(C)=O)ccc21. The molecular formula is C27H24N4O4S2. The Morgan fingerprint density at radius 2 is 1.78 bits per heavy atom. The minimum atomic E-state index is -3.75. The largest absolute Gasteiger partial charge is 0.326 e. The van der Waals surface area contributed by atoms with E-state index in [0.717, 1.165) is 15.8 Å². The molecule has 0 saturated heterocycles. The molecule has 0 bridgehead atoms. The van der Waals surface area contributed by atoms with E-state index in [-0.39, 0.29) is 29.5 Å². The Hall–Kier alpha value is -4.04. The third-order valence-corrected chi connectivity index (χ3v) is 8.37. The van der Waals surface area contributed by atoms with Crippen molar-refractivity contribution in [1.82, 2.24) is 8.87 Å². The predicted octanol–water partition coefficient (Wildman–Crippen LogP) is 3.86. The van der Waals surface area contributed by atoms with Gasteiger partial charge in [-0.2, -0.15) is 9.30 Å². The van der Waals surface area contributed by atoms with Crippen molar-refractivity contribution < 1.29 is 18.0 Å². The van der Waals surface area contributed by atoms with Gasteiger partial charge in [0.1, 0.15) is 0 Å². The van der Waals surface area contributed by atoms with E-state index in [1.807, 2.05) is 36.4 Å². The van der Waals surface area contributed by atoms with Gasteiger partial charge in [-0.05, 0) is 48.0 Å². The molecule has 37 heavy (non-hydrogen) atoms. The highest BCUT2D eigenvalue weighted by molar-refractivity contribution is 7.89. The van der Waals surface area contributed by atoms with Gasteiger partial charge in [-0.25, -0.2) is 8.42 Å². The number of anilines is 1. The number of hydrogen-bond donors (Lipinski definition) is 1. The highest BCUT2D eigenvalue weighted by atomic mass is 32.2. The van der Waals surface area contributed by atoms with Gasteiger partial charge in [0, 0.05) is 31.8 Å². The lowest BCUT2D eigenvalue weighted by Crippen LogP contribution is -2.26. The number of nitrogens with one attached hydrogen (secondary N) is 1. The van der Waals surface area contributed by atoms with Crippen LogP contribution >= 0.6 is 11.3 Å². The maximum atomic E-state index is 13.0. The number of aromatic nitrogens is 1. The molecule has 4 rings (SSSR count). The van der Waals surface area contributed by atoms with Crippen molar-refractivity contribution in [3.63, 3.8) is 0 Å². The lowest BCUT2D eigenvalue weighted by molar-refractivity contribution is -0.114. The van der Waals surface area contributed by atoms with Crippen LogP contribution in [-0.4, -0.2) is 36.2 Å². The van der Waals surface area contributed by atoms with Crippen LogP contribution in [0.5, 0.6) is 0 Å². The Kier molecular flexibility index (Phi) is 7.69. The zero-order valence-electron chi connectivity index (χ0n) is 20.2. The van der Waals surface area contributed by atoms with Crippen molar-refractivity contribution in [3.8, 4) is 12.3 Å². The number of hydrogen-bond acceptors (Lipinski definition) is 5. The Balaban J connectivity index is 1.61. The fourth-order valence-corrected chi connectivity index (χ4v) is 5.94. The first-order valence-corrected chi connectivity index (χ1v) is 13.5. The maximum absolute atomic E-state index is 13.0. The summed E-state index contributed by atoms with van der Waals surface area (Å²) in [5, 5.41) is 2.73. The molecule has 0 saturated carbocycles. The van der Waals surface area contributed by atoms with Crippen LogP contribution in [-0.2, 0) is 27.9 Å². The number of amides is 2. The van der Waals surface area contributed by atoms with Crippen LogP contribution in [0.25, 0.3) is 10.2 Å². The molecular weight excluding hydrogens is 508 g/mol. The summed E-state index contributed by atoms with van der Waals surface area (Å²) in [6.07, 6.45) is 5.54. The van der Waals surface area contributed by atoms with Crippen LogP contribution in [0, 0.1) is 12.3 Å². The van der Waals surface area contributed by atoms with Crippen molar-refractivity contribution in [3.05, 3.63) is 88.7 Å². The average Bonchev–Trinajstić information content (AvgIpc) is 3.20. The number of fused-ring (bicyclic) bond motifs is 1. The summed E-state index contributed by atoms with van der Waals surface area (Å²) in [6.45, 7) is 1.86. The monoisotopic (exact) mass is 532 g/mol. The fourth-order valence-electron chi connectivity index (χ4n) is 3.71. The van der Waals surface area contributed by atoms with Crippen molar-refractivity contribution in [2.45, 2.75) is 24.9 Å². The molecule has 0 aliphatic heterocycles. The summed E-state index contributed by atoms with van der Waals surface area (Å²) in [5.41, 5.74) is 2.52. The molecule has 8 nitrogen and oxygen atoms in total. The van der Waals surface area contributed by atoms with Gasteiger partial charge in [-0.15, -0.1) is 6.42 Å². The van der Waals surface area contributed by atoms with E-state index in [9.17, 15) is 18.0 Å². The summed E-state index contributed by atoms with van der Waals surface area (Å²) in [4.78, 5) is 29.1. The van der Waals surface area contributed by atoms with Crippen molar-refractivity contribution >= 4 is 49.1 Å². The van der Waals surface area contributed by atoms with Crippen LogP contribution < -0.4 is 10.1 Å². The van der Waals surface area contributed by atoms with E-state index in [1.54, 1.807) is 16.7 Å². The van der Waals surface area contributed by atoms with E-state index in [2.05, 4.69) is 16.2 Å². The third kappa shape index (κ3) is 5.86. The molecule has 1 N–H and O–H groups in total. The molecule has 188 valence electrons. The zero-order valence-corrected chi connectivity index (χ0v) is 21.8. The molecule has 0 spiro atoms. The van der Waals surface area contributed by atoms with Crippen LogP contribution in [0.2, 0.25) is 0 Å². The molecule has 0 aliphatic rings. The molecule has 10 heteroatoms. The topological polar surface area (TPSA) is 101 Å². The second-order valence-corrected chi connectivity index (χ2v) is 11.3. The van der Waals surface area contributed by atoms with E-state index >= 15 is 0 Å². The molecule has 3 aromatic carbocycles. The minimum Gasteiger partial charge on any atom is -0.326 e. The molecule has 4 aromatic rings. The lowest BCUT2D eigenvalue weighted by Gasteiger charge is -2.17. The summed E-state index contributed by atoms with van der Waals surface area (Å²) in [6, 6.07) is 20.3. The molecule has 0 fully saturated rings. The number of benzene rings is 3. The standard InChI is InChI=1S/C27H24N4O4S2/c1-4-16-31-24-15-12-22(28-19(2)32)17-25(24)36-27(31)29-26(33)21-10-13-23(14-11-21)37(34,35)30(3)18-20-8-6-5-7-9-20/h1,5-15,17H,16,18H2,2-3H3,(H,28,32). The van der Waals surface area contributed by atoms with Crippen LogP contribution in [0.3, 0.4) is 0 Å². The van der Waals surface area contributed by atoms with Crippen molar-refractivity contribution in [2.24, 2.45) is 4.99 Å². The predicted molar refractivity (Wildman–Crippen MR) is 144 cm³/mol. The normalized spacial score (nSPS) is 12.0. The Labute approximate surface area is 219 Å². The van der Waals surface area contributed by atoms with Gasteiger partial charge in [0.05, 0.1) is 21.7 Å². The Morgan fingerprint density at radius 1 is 1.08 bits per heavy atom. The van der Waals surface area contributed by atoms with E-state index < -0.39 is 15.9 Å². The van der Waals surface area contributed by atoms with Crippen LogP contribution in [0.4, 0.5) is 5.69 Å². The van der Waals surface area contributed by atoms with Gasteiger partial charge in [-0.1, -0.05) is 47.6 Å². The molecule has 1 heterocycles. The Morgan fingerprint density at radius 3 is 2.43 bits per heavy atom. The van der Waals surface area contributed by atoms with E-state index in [0.29, 0.717) is 10.5 Å². The van der Waals surface area contributed by atoms with Gasteiger partial charge in [0.25, 0.3) is 5.91 Å². The number of carbonyl (C=O) groups is 2. The summed E-state index contributed by atoms with van der Waals surface area (Å²) < 4.78 is 29.8. The molecule has 2 amide bonds. The summed E-state index contributed by atoms with van der Waals surface area (Å²) >= 11 is 1.27. The van der Waals surface area contributed by atoms with E-state index in [1.165, 1.54) is 53.9 Å². The highest BCUT2D eigenvalue weighted by Crippen LogP contribution is 2.22. The van der Waals surface area contributed by atoms with E-state index in [4.69, 9.17) is 6.42 Å². The summed E-state index contributed by atoms with van der Waals surface area (Å²) in [7, 11) is -2.23. The number of thiazole rings is 1. The lowest BCUT2D eigenvalue weighted by atomic mass is 10.2. The average molecular weight is 533 g/mol. The number of carbonyl (C=O) groups excluding carboxylic acids is 2. The first-order chi connectivity index (χ1) is 17.7. The van der Waals surface area contributed by atoms with Crippen molar-refractivity contribution in [1.29, 1.82) is 0 Å². The smallest absolute Gasteiger partial charge is 0.279 e. The Bertz CT molecular complexity index is 1680. The second kappa shape index (κ2) is 10.9. The van der Waals surface area contributed by atoms with Gasteiger partial charge in [0.15, 0.2) is 4.80 Å². The number of rotatable bonds is 7. The number of terminal acetylenes is 1. The minimum absolute atomic E-state index is 0.0808. The van der Waals surface area contributed by atoms with Gasteiger partial charge in [-0.3, -0.25) is 9.59 Å². The quantitative estimate of drug-likeness (QED) is 0.365. The van der Waals surface area contributed by atoms with Crippen molar-refractivity contribution in [2.75, 3.05) is 12.4 Å². The summed E-state index contributed by atoms with van der Waals surface area (Å²) in [5.74, 6) is 1.85. The molecule has 0 aliphatic carbocycles. The first kappa shape index (κ1) is 26.0. The van der Waals surface area contributed by atoms with Gasteiger partial charge in [0.2, 0.25) is 15.9 Å². The van der Waals surface area contributed by atoms with Gasteiger partial charge >= 0.3 is 0 Å². The zero-order chi connectivity index (χ0) is 26.6. The number of nitrogens with zero attached hydrogens (tertiary/aromatic N) is 3.